The molecule has 1 amide bonds. The van der Waals surface area contributed by atoms with E-state index in [4.69, 9.17) is 14.8 Å². The summed E-state index contributed by atoms with van der Waals surface area (Å²) in [6.07, 6.45) is 4.44. The van der Waals surface area contributed by atoms with Crippen molar-refractivity contribution in [3.05, 3.63) is 115 Å². The zero-order chi connectivity index (χ0) is 31.7. The summed E-state index contributed by atoms with van der Waals surface area (Å²) >= 11 is 0. The zero-order valence-corrected chi connectivity index (χ0v) is 24.6. The predicted molar refractivity (Wildman–Crippen MR) is 165 cm³/mol. The van der Waals surface area contributed by atoms with Crippen LogP contribution in [0.15, 0.2) is 102 Å². The molecule has 10 nitrogen and oxygen atoms in total. The SMILES string of the molecule is COc1ccc(S(C)(=O)=O)cc1Nc1nccc(-c2c(-c3cccc(NC(=O)c4c(F)cccc4F)c3)nn3ccccc23)n1. The smallest absolute Gasteiger partial charge is 0.261 e. The number of carbonyl (C=O) groups excluding carboxylic acids is 1. The fraction of sp³-hybridized carbons (Fsp3) is 0.0625. The molecule has 0 saturated heterocycles. The second-order valence-electron chi connectivity index (χ2n) is 9.91. The van der Waals surface area contributed by atoms with Crippen LogP contribution in [-0.4, -0.2) is 47.3 Å². The van der Waals surface area contributed by atoms with E-state index in [2.05, 4.69) is 15.6 Å². The number of sulfone groups is 1. The second-order valence-corrected chi connectivity index (χ2v) is 11.9. The molecule has 0 bridgehead atoms. The Morgan fingerprint density at radius 3 is 2.47 bits per heavy atom. The van der Waals surface area contributed by atoms with Gasteiger partial charge in [-0.1, -0.05) is 24.3 Å². The van der Waals surface area contributed by atoms with Crippen LogP contribution in [0.1, 0.15) is 10.4 Å². The minimum atomic E-state index is -3.49. The number of pyridine rings is 1. The van der Waals surface area contributed by atoms with Crippen molar-refractivity contribution in [1.29, 1.82) is 0 Å². The van der Waals surface area contributed by atoms with Gasteiger partial charge in [0.1, 0.15) is 28.6 Å². The number of hydrogen-bond donors (Lipinski definition) is 2. The Morgan fingerprint density at radius 1 is 0.933 bits per heavy atom. The quantitative estimate of drug-likeness (QED) is 0.206. The molecule has 13 heteroatoms. The fourth-order valence-electron chi connectivity index (χ4n) is 4.80. The standard InChI is InChI=1S/C32H24F2N6O4S/c1-44-27-13-12-21(45(2,42)43)18-25(27)38-32-35-15-14-24(37-32)29-26-11-3-4-16-40(26)39-30(29)19-7-5-8-20(17-19)36-31(41)28-22(33)9-6-10-23(28)34/h3-18H,1-2H3,(H,36,41)(H,35,37,38). The Kier molecular flexibility index (Phi) is 7.69. The molecule has 3 aromatic heterocycles. The summed E-state index contributed by atoms with van der Waals surface area (Å²) in [5, 5.41) is 10.4. The highest BCUT2D eigenvalue weighted by Gasteiger charge is 2.21. The third-order valence-electron chi connectivity index (χ3n) is 6.88. The van der Waals surface area contributed by atoms with E-state index in [-0.39, 0.29) is 10.8 Å². The van der Waals surface area contributed by atoms with Crippen LogP contribution in [-0.2, 0) is 9.84 Å². The highest BCUT2D eigenvalue weighted by atomic mass is 32.2. The molecule has 0 aliphatic heterocycles. The molecule has 226 valence electrons. The van der Waals surface area contributed by atoms with Crippen LogP contribution in [0.5, 0.6) is 5.75 Å². The van der Waals surface area contributed by atoms with Gasteiger partial charge in [0, 0.05) is 29.9 Å². The van der Waals surface area contributed by atoms with E-state index in [0.29, 0.717) is 39.6 Å². The van der Waals surface area contributed by atoms with Gasteiger partial charge in [-0.15, -0.1) is 0 Å². The molecule has 6 aromatic rings. The largest absolute Gasteiger partial charge is 0.495 e. The number of nitrogens with zero attached hydrogens (tertiary/aromatic N) is 4. The van der Waals surface area contributed by atoms with Gasteiger partial charge in [0.05, 0.1) is 34.5 Å². The van der Waals surface area contributed by atoms with Crippen molar-refractivity contribution in [1.82, 2.24) is 19.6 Å². The molecule has 2 N–H and O–H groups in total. The molecule has 0 fully saturated rings. The third kappa shape index (κ3) is 5.93. The van der Waals surface area contributed by atoms with E-state index < -0.39 is 32.9 Å². The lowest BCUT2D eigenvalue weighted by molar-refractivity contribution is 0.101. The number of carbonyl (C=O) groups is 1. The van der Waals surface area contributed by atoms with Crippen molar-refractivity contribution < 1.29 is 26.7 Å². The van der Waals surface area contributed by atoms with Crippen LogP contribution in [0.2, 0.25) is 0 Å². The predicted octanol–water partition coefficient (Wildman–Crippen LogP) is 6.14. The summed E-state index contributed by atoms with van der Waals surface area (Å²) in [7, 11) is -2.02. The molecule has 0 aliphatic carbocycles. The Bertz CT molecular complexity index is 2180. The van der Waals surface area contributed by atoms with Crippen molar-refractivity contribution in [2.45, 2.75) is 4.90 Å². The summed E-state index contributed by atoms with van der Waals surface area (Å²) < 4.78 is 59.9. The third-order valence-corrected chi connectivity index (χ3v) is 7.99. The topological polar surface area (TPSA) is 128 Å². The fourth-order valence-corrected chi connectivity index (χ4v) is 5.45. The van der Waals surface area contributed by atoms with E-state index in [1.807, 2.05) is 18.2 Å². The highest BCUT2D eigenvalue weighted by Crippen LogP contribution is 2.36. The number of nitrogens with one attached hydrogen (secondary N) is 2. The van der Waals surface area contributed by atoms with Crippen LogP contribution >= 0.6 is 0 Å². The first kappa shape index (κ1) is 29.4. The van der Waals surface area contributed by atoms with Crippen LogP contribution in [0.25, 0.3) is 28.0 Å². The molecule has 3 aromatic carbocycles. The lowest BCUT2D eigenvalue weighted by Crippen LogP contribution is -2.15. The van der Waals surface area contributed by atoms with Crippen molar-refractivity contribution in [2.75, 3.05) is 24.0 Å². The monoisotopic (exact) mass is 626 g/mol. The van der Waals surface area contributed by atoms with Crippen LogP contribution < -0.4 is 15.4 Å². The number of rotatable bonds is 8. The molecular weight excluding hydrogens is 602 g/mol. The van der Waals surface area contributed by atoms with E-state index in [0.717, 1.165) is 23.9 Å². The van der Waals surface area contributed by atoms with Gasteiger partial charge in [-0.25, -0.2) is 31.7 Å². The Morgan fingerprint density at radius 2 is 1.71 bits per heavy atom. The number of benzene rings is 3. The zero-order valence-electron chi connectivity index (χ0n) is 23.8. The molecule has 3 heterocycles. The maximum absolute atomic E-state index is 14.2. The number of aromatic nitrogens is 4. The first-order valence-corrected chi connectivity index (χ1v) is 15.3. The van der Waals surface area contributed by atoms with Crippen LogP contribution in [0, 0.1) is 11.6 Å². The number of methoxy groups -OCH3 is 1. The molecule has 0 radical (unpaired) electrons. The van der Waals surface area contributed by atoms with Gasteiger partial charge in [0.2, 0.25) is 5.95 Å². The Hall–Kier alpha value is -5.69. The molecule has 0 atom stereocenters. The Balaban J connectivity index is 1.40. The van der Waals surface area contributed by atoms with Gasteiger partial charge in [-0.05, 0) is 60.7 Å². The highest BCUT2D eigenvalue weighted by molar-refractivity contribution is 7.90. The van der Waals surface area contributed by atoms with Crippen molar-refractivity contribution in [3.63, 3.8) is 0 Å². The van der Waals surface area contributed by atoms with Gasteiger partial charge in [-0.2, -0.15) is 5.10 Å². The van der Waals surface area contributed by atoms with Crippen molar-refractivity contribution >= 4 is 38.6 Å². The van der Waals surface area contributed by atoms with Crippen LogP contribution in [0.4, 0.5) is 26.1 Å². The van der Waals surface area contributed by atoms with Crippen LogP contribution in [0.3, 0.4) is 0 Å². The van der Waals surface area contributed by atoms with E-state index in [1.165, 1.54) is 31.4 Å². The van der Waals surface area contributed by atoms with Crippen molar-refractivity contribution in [3.8, 4) is 28.3 Å². The molecular formula is C32H24F2N6O4S. The average molecular weight is 627 g/mol. The van der Waals surface area contributed by atoms with Gasteiger partial charge >= 0.3 is 0 Å². The average Bonchev–Trinajstić information content (AvgIpc) is 3.41. The second kappa shape index (κ2) is 11.8. The van der Waals surface area contributed by atoms with Gasteiger partial charge in [-0.3, -0.25) is 4.79 Å². The maximum Gasteiger partial charge on any atom is 0.261 e. The number of anilines is 3. The first-order chi connectivity index (χ1) is 21.6. The summed E-state index contributed by atoms with van der Waals surface area (Å²) in [5.74, 6) is -2.31. The van der Waals surface area contributed by atoms with E-state index >= 15 is 0 Å². The van der Waals surface area contributed by atoms with Gasteiger partial charge < -0.3 is 15.4 Å². The lowest BCUT2D eigenvalue weighted by Gasteiger charge is -2.12. The summed E-state index contributed by atoms with van der Waals surface area (Å²) in [4.78, 5) is 21.9. The molecule has 0 saturated carbocycles. The summed E-state index contributed by atoms with van der Waals surface area (Å²) in [6.45, 7) is 0. The number of hydrogen-bond acceptors (Lipinski definition) is 8. The minimum absolute atomic E-state index is 0.0941. The first-order valence-electron chi connectivity index (χ1n) is 13.4. The molecule has 45 heavy (non-hydrogen) atoms. The van der Waals surface area contributed by atoms with Gasteiger partial charge in [0.25, 0.3) is 5.91 Å². The van der Waals surface area contributed by atoms with Gasteiger partial charge in [0.15, 0.2) is 9.84 Å². The number of halogens is 2. The molecule has 6 rings (SSSR count). The molecule has 0 aliphatic rings. The number of amides is 1. The lowest BCUT2D eigenvalue weighted by atomic mass is 10.0. The molecule has 0 spiro atoms. The number of ether oxygens (including phenoxy) is 1. The van der Waals surface area contributed by atoms with E-state index in [1.54, 1.807) is 47.2 Å². The number of fused-ring (bicyclic) bond motifs is 1. The maximum atomic E-state index is 14.2. The normalized spacial score (nSPS) is 11.4. The van der Waals surface area contributed by atoms with E-state index in [9.17, 15) is 22.0 Å². The molecule has 0 unspecified atom stereocenters. The van der Waals surface area contributed by atoms with Crippen molar-refractivity contribution in [2.24, 2.45) is 0 Å². The minimum Gasteiger partial charge on any atom is -0.495 e. The summed E-state index contributed by atoms with van der Waals surface area (Å²) in [5.41, 5.74) is 2.92. The summed E-state index contributed by atoms with van der Waals surface area (Å²) in [6, 6.07) is 21.6. The Labute approximate surface area is 256 Å².